The van der Waals surface area contributed by atoms with E-state index in [0.717, 1.165) is 29.6 Å². The zero-order valence-electron chi connectivity index (χ0n) is 13.9. The molecule has 124 valence electrons. The fourth-order valence-electron chi connectivity index (χ4n) is 2.60. The summed E-state index contributed by atoms with van der Waals surface area (Å²) in [5.41, 5.74) is 8.42. The molecule has 0 saturated heterocycles. The number of nitrogens with one attached hydrogen (secondary N) is 1. The van der Waals surface area contributed by atoms with Gasteiger partial charge in [-0.1, -0.05) is 25.9 Å². The first-order chi connectivity index (χ1) is 11.0. The van der Waals surface area contributed by atoms with E-state index in [1.54, 1.807) is 0 Å². The molecule has 6 nitrogen and oxygen atoms in total. The summed E-state index contributed by atoms with van der Waals surface area (Å²) in [5.74, 6) is 0.747. The third-order valence-electron chi connectivity index (χ3n) is 4.29. The maximum atomic E-state index is 12.7. The van der Waals surface area contributed by atoms with Crippen LogP contribution in [-0.2, 0) is 0 Å². The fraction of sp³-hybridized carbons (Fsp3) is 0.588. The molecule has 1 amide bonds. The second-order valence-electron chi connectivity index (χ2n) is 6.82. The van der Waals surface area contributed by atoms with Gasteiger partial charge in [-0.3, -0.25) is 4.79 Å². The number of hydrogen-bond donors (Lipinski definition) is 2. The third-order valence-corrected chi connectivity index (χ3v) is 4.29. The van der Waals surface area contributed by atoms with Crippen molar-refractivity contribution in [2.45, 2.75) is 45.4 Å². The molecule has 6 heteroatoms. The summed E-state index contributed by atoms with van der Waals surface area (Å²) in [7, 11) is 0. The molecule has 1 saturated carbocycles. The van der Waals surface area contributed by atoms with Gasteiger partial charge in [0.15, 0.2) is 0 Å². The molecule has 1 fully saturated rings. The fourth-order valence-corrected chi connectivity index (χ4v) is 2.60. The number of hydrogen-bond acceptors (Lipinski definition) is 5. The zero-order chi connectivity index (χ0) is 16.6. The zero-order valence-corrected chi connectivity index (χ0v) is 13.9. The average molecular weight is 316 g/mol. The average Bonchev–Trinajstić information content (AvgIpc) is 3.30. The van der Waals surface area contributed by atoms with Gasteiger partial charge in [-0.2, -0.15) is 0 Å². The Morgan fingerprint density at radius 2 is 2.17 bits per heavy atom. The smallest absolute Gasteiger partial charge is 0.259 e. The van der Waals surface area contributed by atoms with Crippen molar-refractivity contribution in [1.82, 2.24) is 15.5 Å². The van der Waals surface area contributed by atoms with E-state index < -0.39 is 0 Å². The standard InChI is InChI=1S/C17H24N4O2/c1-9(2)15-14-12(16(22)19-8-10(3)7-18)6-13(11-4-5-11)20-17(14)23-21-15/h6,9-11H,4-5,7-8,18H2,1-3H3,(H,19,22). The first kappa shape index (κ1) is 15.9. The summed E-state index contributed by atoms with van der Waals surface area (Å²) >= 11 is 0. The van der Waals surface area contributed by atoms with Crippen molar-refractivity contribution < 1.29 is 9.32 Å². The van der Waals surface area contributed by atoms with Gasteiger partial charge in [-0.25, -0.2) is 4.98 Å². The first-order valence-electron chi connectivity index (χ1n) is 8.29. The maximum absolute atomic E-state index is 12.7. The highest BCUT2D eigenvalue weighted by atomic mass is 16.5. The van der Waals surface area contributed by atoms with Crippen molar-refractivity contribution in [3.63, 3.8) is 0 Å². The summed E-state index contributed by atoms with van der Waals surface area (Å²) in [5, 5.41) is 7.84. The summed E-state index contributed by atoms with van der Waals surface area (Å²) in [6, 6.07) is 1.91. The minimum Gasteiger partial charge on any atom is -0.352 e. The second-order valence-corrected chi connectivity index (χ2v) is 6.82. The van der Waals surface area contributed by atoms with Gasteiger partial charge in [-0.05, 0) is 37.3 Å². The van der Waals surface area contributed by atoms with Crippen LogP contribution in [0, 0.1) is 5.92 Å². The van der Waals surface area contributed by atoms with Crippen molar-refractivity contribution in [3.05, 3.63) is 23.0 Å². The van der Waals surface area contributed by atoms with Crippen LogP contribution in [0.2, 0.25) is 0 Å². The van der Waals surface area contributed by atoms with E-state index in [1.165, 1.54) is 0 Å². The van der Waals surface area contributed by atoms with E-state index in [1.807, 2.05) is 26.8 Å². The van der Waals surface area contributed by atoms with Crippen molar-refractivity contribution in [1.29, 1.82) is 0 Å². The number of carbonyl (C=O) groups excluding carboxylic acids is 1. The van der Waals surface area contributed by atoms with Crippen molar-refractivity contribution >= 4 is 17.0 Å². The molecular formula is C17H24N4O2. The van der Waals surface area contributed by atoms with Crippen LogP contribution in [0.15, 0.2) is 10.6 Å². The lowest BCUT2D eigenvalue weighted by Gasteiger charge is -2.12. The molecule has 0 aromatic carbocycles. The van der Waals surface area contributed by atoms with Crippen LogP contribution in [0.25, 0.3) is 11.1 Å². The molecule has 0 bridgehead atoms. The van der Waals surface area contributed by atoms with Crippen LogP contribution in [0.4, 0.5) is 0 Å². The Bertz CT molecular complexity index is 719. The Morgan fingerprint density at radius 1 is 1.43 bits per heavy atom. The van der Waals surface area contributed by atoms with E-state index in [4.69, 9.17) is 10.3 Å². The summed E-state index contributed by atoms with van der Waals surface area (Å²) in [6.45, 7) is 7.18. The molecule has 2 aromatic rings. The normalized spacial score (nSPS) is 16.0. The molecule has 1 unspecified atom stereocenters. The summed E-state index contributed by atoms with van der Waals surface area (Å²) < 4.78 is 5.41. The molecule has 23 heavy (non-hydrogen) atoms. The van der Waals surface area contributed by atoms with Crippen LogP contribution >= 0.6 is 0 Å². The van der Waals surface area contributed by atoms with Crippen molar-refractivity contribution in [3.8, 4) is 0 Å². The van der Waals surface area contributed by atoms with Gasteiger partial charge in [0, 0.05) is 18.2 Å². The van der Waals surface area contributed by atoms with Gasteiger partial charge in [0.2, 0.25) is 0 Å². The van der Waals surface area contributed by atoms with Crippen LogP contribution in [0.5, 0.6) is 0 Å². The van der Waals surface area contributed by atoms with Gasteiger partial charge in [0.1, 0.15) is 0 Å². The van der Waals surface area contributed by atoms with Crippen LogP contribution in [-0.4, -0.2) is 29.1 Å². The number of nitrogens with zero attached hydrogens (tertiary/aromatic N) is 2. The maximum Gasteiger partial charge on any atom is 0.259 e. The number of fused-ring (bicyclic) bond motifs is 1. The molecular weight excluding hydrogens is 292 g/mol. The molecule has 2 aromatic heterocycles. The molecule has 1 aliphatic rings. The Morgan fingerprint density at radius 3 is 2.78 bits per heavy atom. The monoisotopic (exact) mass is 316 g/mol. The lowest BCUT2D eigenvalue weighted by Crippen LogP contribution is -2.31. The van der Waals surface area contributed by atoms with E-state index in [9.17, 15) is 4.79 Å². The minimum atomic E-state index is -0.107. The third kappa shape index (κ3) is 3.22. The molecule has 3 N–H and O–H groups in total. The highest BCUT2D eigenvalue weighted by Crippen LogP contribution is 2.41. The topological polar surface area (TPSA) is 94.0 Å². The minimum absolute atomic E-state index is 0.107. The van der Waals surface area contributed by atoms with Gasteiger partial charge < -0.3 is 15.6 Å². The number of rotatable bonds is 6. The molecule has 2 heterocycles. The quantitative estimate of drug-likeness (QED) is 0.854. The Labute approximate surface area is 135 Å². The molecule has 1 aliphatic carbocycles. The number of carbonyl (C=O) groups is 1. The Hall–Kier alpha value is -1.95. The molecule has 0 radical (unpaired) electrons. The Kier molecular flexibility index (Phi) is 4.35. The highest BCUT2D eigenvalue weighted by molar-refractivity contribution is 6.06. The van der Waals surface area contributed by atoms with Gasteiger partial charge in [0.25, 0.3) is 11.6 Å². The van der Waals surface area contributed by atoms with E-state index in [0.29, 0.717) is 30.3 Å². The van der Waals surface area contributed by atoms with Gasteiger partial charge in [-0.15, -0.1) is 0 Å². The SMILES string of the molecule is CC(CN)CNC(=O)c1cc(C2CC2)nc2onc(C(C)C)c12. The number of pyridine rings is 1. The molecule has 0 spiro atoms. The van der Waals surface area contributed by atoms with Crippen LogP contribution in [0.1, 0.15) is 67.2 Å². The number of nitrogens with two attached hydrogens (primary N) is 1. The molecule has 1 atom stereocenters. The van der Waals surface area contributed by atoms with E-state index in [2.05, 4.69) is 15.5 Å². The van der Waals surface area contributed by atoms with Crippen LogP contribution < -0.4 is 11.1 Å². The second kappa shape index (κ2) is 6.28. The van der Waals surface area contributed by atoms with Crippen molar-refractivity contribution in [2.75, 3.05) is 13.1 Å². The van der Waals surface area contributed by atoms with Gasteiger partial charge in [0.05, 0.1) is 16.6 Å². The van der Waals surface area contributed by atoms with Crippen LogP contribution in [0.3, 0.4) is 0 Å². The summed E-state index contributed by atoms with van der Waals surface area (Å²) in [6.07, 6.45) is 2.24. The summed E-state index contributed by atoms with van der Waals surface area (Å²) in [4.78, 5) is 17.3. The van der Waals surface area contributed by atoms with E-state index in [-0.39, 0.29) is 17.7 Å². The lowest BCUT2D eigenvalue weighted by atomic mass is 10.0. The lowest BCUT2D eigenvalue weighted by molar-refractivity contribution is 0.0950. The highest BCUT2D eigenvalue weighted by Gasteiger charge is 2.29. The predicted molar refractivity (Wildman–Crippen MR) is 88.4 cm³/mol. The van der Waals surface area contributed by atoms with Crippen molar-refractivity contribution in [2.24, 2.45) is 11.7 Å². The number of amides is 1. The largest absolute Gasteiger partial charge is 0.352 e. The number of aromatic nitrogens is 2. The Balaban J connectivity index is 2.01. The van der Waals surface area contributed by atoms with Gasteiger partial charge >= 0.3 is 0 Å². The first-order valence-corrected chi connectivity index (χ1v) is 8.29. The molecule has 3 rings (SSSR count). The van der Waals surface area contributed by atoms with E-state index >= 15 is 0 Å². The predicted octanol–water partition coefficient (Wildman–Crippen LogP) is 2.55. The molecule has 0 aliphatic heterocycles.